The molecule has 1 saturated carbocycles. The Morgan fingerprint density at radius 3 is 2.71 bits per heavy atom. The second-order valence-corrected chi connectivity index (χ2v) is 5.70. The minimum absolute atomic E-state index is 0.333. The molecule has 2 aromatic rings. The van der Waals surface area contributed by atoms with Gasteiger partial charge >= 0.3 is 0 Å². The van der Waals surface area contributed by atoms with E-state index in [4.69, 9.17) is 5.73 Å². The lowest BCUT2D eigenvalue weighted by Gasteiger charge is -2.22. The first-order valence-corrected chi connectivity index (χ1v) is 7.38. The Bertz CT molecular complexity index is 689. The van der Waals surface area contributed by atoms with Crippen LogP contribution < -0.4 is 5.73 Å². The van der Waals surface area contributed by atoms with E-state index < -0.39 is 0 Å². The largest absolute Gasteiger partial charge is 0.383 e. The number of rotatable bonds is 2. The summed E-state index contributed by atoms with van der Waals surface area (Å²) in [4.78, 5) is 4.49. The molecule has 5 nitrogen and oxygen atoms in total. The fraction of sp³-hybridized carbons (Fsp3) is 0.438. The Morgan fingerprint density at radius 1 is 1.33 bits per heavy atom. The van der Waals surface area contributed by atoms with Crippen LogP contribution >= 0.6 is 0 Å². The van der Waals surface area contributed by atoms with Crippen molar-refractivity contribution in [2.24, 2.45) is 7.05 Å². The lowest BCUT2D eigenvalue weighted by molar-refractivity contribution is 0.437. The summed E-state index contributed by atoms with van der Waals surface area (Å²) >= 11 is 0. The number of anilines is 1. The molecule has 0 amide bonds. The molecular formula is C16H19N5. The normalized spacial score (nSPS) is 15.8. The van der Waals surface area contributed by atoms with Crippen LogP contribution in [-0.4, -0.2) is 14.8 Å². The van der Waals surface area contributed by atoms with Crippen LogP contribution in [0.4, 0.5) is 5.82 Å². The molecule has 0 radical (unpaired) electrons. The molecule has 1 fully saturated rings. The molecule has 3 rings (SSSR count). The van der Waals surface area contributed by atoms with E-state index in [0.29, 0.717) is 17.3 Å². The summed E-state index contributed by atoms with van der Waals surface area (Å²) in [6.45, 7) is 0. The van der Waals surface area contributed by atoms with Crippen molar-refractivity contribution in [3.63, 3.8) is 0 Å². The van der Waals surface area contributed by atoms with Crippen molar-refractivity contribution in [3.05, 3.63) is 29.7 Å². The molecule has 0 unspecified atom stereocenters. The molecule has 2 heterocycles. The van der Waals surface area contributed by atoms with E-state index in [1.807, 2.05) is 19.3 Å². The van der Waals surface area contributed by atoms with Crippen LogP contribution in [-0.2, 0) is 7.05 Å². The van der Waals surface area contributed by atoms with E-state index in [9.17, 15) is 5.26 Å². The maximum Gasteiger partial charge on any atom is 0.142 e. The van der Waals surface area contributed by atoms with E-state index in [0.717, 1.165) is 29.7 Å². The number of aryl methyl sites for hydroxylation is 1. The molecule has 1 aliphatic rings. The summed E-state index contributed by atoms with van der Waals surface area (Å²) in [6.07, 6.45) is 9.77. The Morgan fingerprint density at radius 2 is 2.10 bits per heavy atom. The van der Waals surface area contributed by atoms with Crippen LogP contribution in [0.3, 0.4) is 0 Å². The minimum atomic E-state index is 0.333. The second-order valence-electron chi connectivity index (χ2n) is 5.70. The maximum absolute atomic E-state index is 9.37. The van der Waals surface area contributed by atoms with Crippen LogP contribution in [0.5, 0.6) is 0 Å². The number of nitrogens with zero attached hydrogens (tertiary/aromatic N) is 4. The van der Waals surface area contributed by atoms with Gasteiger partial charge in [-0.3, -0.25) is 4.68 Å². The average molecular weight is 281 g/mol. The molecule has 5 heteroatoms. The quantitative estimate of drug-likeness (QED) is 0.917. The molecule has 0 saturated heterocycles. The summed E-state index contributed by atoms with van der Waals surface area (Å²) in [5.41, 5.74) is 9.25. The van der Waals surface area contributed by atoms with Crippen molar-refractivity contribution >= 4 is 5.82 Å². The minimum Gasteiger partial charge on any atom is -0.383 e. The number of nitriles is 1. The Labute approximate surface area is 124 Å². The topological polar surface area (TPSA) is 80.5 Å². The molecule has 0 atom stereocenters. The van der Waals surface area contributed by atoms with E-state index in [1.54, 1.807) is 10.9 Å². The highest BCUT2D eigenvalue weighted by atomic mass is 15.2. The summed E-state index contributed by atoms with van der Waals surface area (Å²) in [6, 6.07) is 4.21. The van der Waals surface area contributed by atoms with Gasteiger partial charge in [-0.15, -0.1) is 0 Å². The van der Waals surface area contributed by atoms with E-state index >= 15 is 0 Å². The Kier molecular flexibility index (Phi) is 3.61. The highest BCUT2D eigenvalue weighted by Gasteiger charge is 2.20. The standard InChI is InChI=1S/C16H19N5/c1-21-10-12(9-19-21)13-7-15(11-5-3-2-4-6-11)20-16(18)14(13)8-17/h7,9-11H,2-6H2,1H3,(H2,18,20). The van der Waals surface area contributed by atoms with Crippen molar-refractivity contribution in [3.8, 4) is 17.2 Å². The second kappa shape index (κ2) is 5.57. The molecule has 108 valence electrons. The number of nitrogens with two attached hydrogens (primary N) is 1. The summed E-state index contributed by atoms with van der Waals surface area (Å²) in [5.74, 6) is 0.795. The molecule has 0 spiro atoms. The van der Waals surface area contributed by atoms with Crippen molar-refractivity contribution in [2.45, 2.75) is 38.0 Å². The van der Waals surface area contributed by atoms with Crippen molar-refractivity contribution < 1.29 is 0 Å². The summed E-state index contributed by atoms with van der Waals surface area (Å²) < 4.78 is 1.73. The summed E-state index contributed by atoms with van der Waals surface area (Å²) in [7, 11) is 1.86. The lowest BCUT2D eigenvalue weighted by atomic mass is 9.85. The monoisotopic (exact) mass is 281 g/mol. The van der Waals surface area contributed by atoms with Crippen LogP contribution in [0.1, 0.15) is 49.3 Å². The fourth-order valence-corrected chi connectivity index (χ4v) is 3.10. The van der Waals surface area contributed by atoms with Gasteiger partial charge in [-0.2, -0.15) is 10.4 Å². The van der Waals surface area contributed by atoms with Gasteiger partial charge in [0.2, 0.25) is 0 Å². The summed E-state index contributed by atoms with van der Waals surface area (Å²) in [5, 5.41) is 13.6. The number of nitrogen functional groups attached to an aromatic ring is 1. The predicted octanol–water partition coefficient (Wildman–Crippen LogP) is 2.98. The van der Waals surface area contributed by atoms with Gasteiger partial charge < -0.3 is 5.73 Å². The van der Waals surface area contributed by atoms with Crippen molar-refractivity contribution in [2.75, 3.05) is 5.73 Å². The third kappa shape index (κ3) is 2.62. The van der Waals surface area contributed by atoms with Gasteiger partial charge in [0.15, 0.2) is 0 Å². The molecular weight excluding hydrogens is 262 g/mol. The van der Waals surface area contributed by atoms with Gasteiger partial charge in [0.05, 0.1) is 6.20 Å². The zero-order valence-electron chi connectivity index (χ0n) is 12.2. The van der Waals surface area contributed by atoms with Crippen LogP contribution in [0.2, 0.25) is 0 Å². The van der Waals surface area contributed by atoms with Gasteiger partial charge in [0.25, 0.3) is 0 Å². The third-order valence-corrected chi connectivity index (χ3v) is 4.22. The number of hydrogen-bond donors (Lipinski definition) is 1. The van der Waals surface area contributed by atoms with Gasteiger partial charge in [-0.05, 0) is 18.9 Å². The highest BCUT2D eigenvalue weighted by Crippen LogP contribution is 2.35. The molecule has 21 heavy (non-hydrogen) atoms. The van der Waals surface area contributed by atoms with E-state index in [2.05, 4.69) is 16.2 Å². The third-order valence-electron chi connectivity index (χ3n) is 4.22. The smallest absolute Gasteiger partial charge is 0.142 e. The zero-order chi connectivity index (χ0) is 14.8. The van der Waals surface area contributed by atoms with E-state index in [1.165, 1.54) is 19.3 Å². The number of aromatic nitrogens is 3. The molecule has 2 aromatic heterocycles. The van der Waals surface area contributed by atoms with Gasteiger partial charge in [-0.25, -0.2) is 4.98 Å². The SMILES string of the molecule is Cn1cc(-c2cc(C3CCCCC3)nc(N)c2C#N)cn1. The average Bonchev–Trinajstić information content (AvgIpc) is 2.94. The first-order valence-electron chi connectivity index (χ1n) is 7.38. The van der Waals surface area contributed by atoms with E-state index in [-0.39, 0.29) is 0 Å². The highest BCUT2D eigenvalue weighted by molar-refractivity contribution is 5.75. The van der Waals surface area contributed by atoms with Crippen LogP contribution in [0, 0.1) is 11.3 Å². The van der Waals surface area contributed by atoms with Gasteiger partial charge in [-0.1, -0.05) is 19.3 Å². The van der Waals surface area contributed by atoms with Crippen LogP contribution in [0.15, 0.2) is 18.5 Å². The molecule has 0 aromatic carbocycles. The zero-order valence-corrected chi connectivity index (χ0v) is 12.2. The van der Waals surface area contributed by atoms with Gasteiger partial charge in [0, 0.05) is 36.0 Å². The van der Waals surface area contributed by atoms with Crippen molar-refractivity contribution in [1.29, 1.82) is 5.26 Å². The number of pyridine rings is 1. The lowest BCUT2D eigenvalue weighted by Crippen LogP contribution is -2.09. The molecule has 0 bridgehead atoms. The molecule has 2 N–H and O–H groups in total. The number of hydrogen-bond acceptors (Lipinski definition) is 4. The van der Waals surface area contributed by atoms with Gasteiger partial charge in [0.1, 0.15) is 17.5 Å². The Balaban J connectivity index is 2.08. The van der Waals surface area contributed by atoms with Crippen molar-refractivity contribution in [1.82, 2.24) is 14.8 Å². The predicted molar refractivity (Wildman–Crippen MR) is 81.4 cm³/mol. The first kappa shape index (κ1) is 13.6. The fourth-order valence-electron chi connectivity index (χ4n) is 3.10. The first-order chi connectivity index (χ1) is 10.2. The molecule has 0 aliphatic heterocycles. The molecule has 1 aliphatic carbocycles. The maximum atomic E-state index is 9.37. The Hall–Kier alpha value is -2.35. The van der Waals surface area contributed by atoms with Crippen LogP contribution in [0.25, 0.3) is 11.1 Å².